The van der Waals surface area contributed by atoms with Gasteiger partial charge in [-0.05, 0) is 37.1 Å². The molecule has 0 saturated heterocycles. The number of rotatable bonds is 3. The number of imidazole rings is 1. The van der Waals surface area contributed by atoms with E-state index in [4.69, 9.17) is 0 Å². The molecule has 1 saturated carbocycles. The van der Waals surface area contributed by atoms with Crippen LogP contribution in [-0.2, 0) is 0 Å². The van der Waals surface area contributed by atoms with Crippen LogP contribution in [0.25, 0.3) is 21.4 Å². The Morgan fingerprint density at radius 1 is 1.32 bits per heavy atom. The number of pyridine rings is 1. The first-order valence-electron chi connectivity index (χ1n) is 8.05. The zero-order valence-corrected chi connectivity index (χ0v) is 13.9. The van der Waals surface area contributed by atoms with Crippen LogP contribution in [0.3, 0.4) is 0 Å². The number of halogens is 1. The molecule has 6 nitrogen and oxygen atoms in total. The van der Waals surface area contributed by atoms with Gasteiger partial charge < -0.3 is 10.3 Å². The minimum absolute atomic E-state index is 0.118. The van der Waals surface area contributed by atoms with Crippen molar-refractivity contribution in [1.29, 1.82) is 0 Å². The van der Waals surface area contributed by atoms with Gasteiger partial charge in [0.25, 0.3) is 0 Å². The number of nitrogens with zero attached hydrogens (tertiary/aromatic N) is 3. The minimum atomic E-state index is -0.278. The highest BCUT2D eigenvalue weighted by atomic mass is 32.1. The molecule has 2 N–H and O–H groups in total. The smallest absolute Gasteiger partial charge is 0.327 e. The highest BCUT2D eigenvalue weighted by Crippen LogP contribution is 2.36. The van der Waals surface area contributed by atoms with Crippen molar-refractivity contribution < 1.29 is 4.39 Å². The molecule has 25 heavy (non-hydrogen) atoms. The molecule has 0 radical (unpaired) electrons. The molecule has 0 spiro atoms. The standard InChI is InChI=1S/C17H14FN5OS/c18-9-3-4-14-13(6-9)21-16(25-14)20-10-7-11(8-10)23-15-12(22-17(23)24)2-1-5-19-15/h1-6,10-11H,7-8H2,(H,20,21)(H,22,24)/t10-,11-. The van der Waals surface area contributed by atoms with Gasteiger partial charge >= 0.3 is 5.69 Å². The molecule has 5 rings (SSSR count). The highest BCUT2D eigenvalue weighted by Gasteiger charge is 2.33. The molecule has 0 aliphatic heterocycles. The Hall–Kier alpha value is -2.74. The Bertz CT molecular complexity index is 1140. The molecule has 3 heterocycles. The van der Waals surface area contributed by atoms with Crippen molar-refractivity contribution in [2.75, 3.05) is 5.32 Å². The van der Waals surface area contributed by atoms with Crippen LogP contribution in [0.15, 0.2) is 41.3 Å². The largest absolute Gasteiger partial charge is 0.359 e. The van der Waals surface area contributed by atoms with E-state index in [1.807, 2.05) is 12.1 Å². The van der Waals surface area contributed by atoms with Gasteiger partial charge in [0.1, 0.15) is 5.82 Å². The number of fused-ring (bicyclic) bond motifs is 2. The summed E-state index contributed by atoms with van der Waals surface area (Å²) in [5.74, 6) is -0.278. The van der Waals surface area contributed by atoms with Crippen molar-refractivity contribution in [2.45, 2.75) is 24.9 Å². The zero-order chi connectivity index (χ0) is 17.0. The van der Waals surface area contributed by atoms with Crippen molar-refractivity contribution in [3.8, 4) is 0 Å². The molecule has 1 fully saturated rings. The van der Waals surface area contributed by atoms with E-state index in [0.717, 1.165) is 28.2 Å². The van der Waals surface area contributed by atoms with Gasteiger partial charge in [0.2, 0.25) is 0 Å². The Morgan fingerprint density at radius 2 is 2.20 bits per heavy atom. The van der Waals surface area contributed by atoms with Gasteiger partial charge in [0, 0.05) is 24.3 Å². The lowest BCUT2D eigenvalue weighted by atomic mass is 9.86. The summed E-state index contributed by atoms with van der Waals surface area (Å²) >= 11 is 1.51. The predicted molar refractivity (Wildman–Crippen MR) is 95.6 cm³/mol. The highest BCUT2D eigenvalue weighted by molar-refractivity contribution is 7.22. The maximum absolute atomic E-state index is 13.3. The van der Waals surface area contributed by atoms with E-state index in [-0.39, 0.29) is 23.6 Å². The van der Waals surface area contributed by atoms with Crippen molar-refractivity contribution >= 4 is 37.8 Å². The Labute approximate surface area is 145 Å². The second kappa shape index (κ2) is 5.38. The normalized spacial score (nSPS) is 20.0. The molecule has 0 bridgehead atoms. The van der Waals surface area contributed by atoms with Crippen molar-refractivity contribution in [3.05, 3.63) is 52.8 Å². The number of nitrogens with one attached hydrogen (secondary N) is 2. The fraction of sp³-hybridized carbons (Fsp3) is 0.235. The third-order valence-corrected chi connectivity index (χ3v) is 5.60. The Morgan fingerprint density at radius 3 is 3.08 bits per heavy atom. The lowest BCUT2D eigenvalue weighted by molar-refractivity contribution is 0.282. The van der Waals surface area contributed by atoms with Crippen molar-refractivity contribution in [2.24, 2.45) is 0 Å². The fourth-order valence-electron chi connectivity index (χ4n) is 3.35. The fourth-order valence-corrected chi connectivity index (χ4v) is 4.27. The number of hydrogen-bond donors (Lipinski definition) is 2. The molecule has 126 valence electrons. The second-order valence-electron chi connectivity index (χ2n) is 6.27. The van der Waals surface area contributed by atoms with Crippen LogP contribution in [0.5, 0.6) is 0 Å². The van der Waals surface area contributed by atoms with Crippen LogP contribution in [0.1, 0.15) is 18.9 Å². The molecule has 0 atom stereocenters. The van der Waals surface area contributed by atoms with Crippen molar-refractivity contribution in [1.82, 2.24) is 19.5 Å². The Kier molecular flexibility index (Phi) is 3.14. The summed E-state index contributed by atoms with van der Waals surface area (Å²) in [5, 5.41) is 4.17. The van der Waals surface area contributed by atoms with E-state index in [2.05, 4.69) is 20.3 Å². The summed E-state index contributed by atoms with van der Waals surface area (Å²) in [5.41, 5.74) is 2.01. The molecular weight excluding hydrogens is 341 g/mol. The molecular formula is C17H14FN5OS. The monoisotopic (exact) mass is 355 g/mol. The van der Waals surface area contributed by atoms with Crippen LogP contribution in [-0.4, -0.2) is 25.6 Å². The first kappa shape index (κ1) is 14.6. The summed E-state index contributed by atoms with van der Waals surface area (Å²) in [6.07, 6.45) is 3.35. The molecule has 8 heteroatoms. The topological polar surface area (TPSA) is 75.6 Å². The SMILES string of the molecule is O=c1[nH]c2cccnc2n1[C@H]1C[C@H](Nc2nc3cc(F)ccc3s2)C1. The van der Waals surface area contributed by atoms with Crippen LogP contribution in [0.2, 0.25) is 0 Å². The average molecular weight is 355 g/mol. The Balaban J connectivity index is 1.34. The van der Waals surface area contributed by atoms with Gasteiger partial charge in [-0.1, -0.05) is 11.3 Å². The van der Waals surface area contributed by atoms with Crippen LogP contribution in [0, 0.1) is 5.82 Å². The number of anilines is 1. The molecule has 1 aromatic carbocycles. The lowest BCUT2D eigenvalue weighted by Gasteiger charge is -2.36. The number of H-pyrrole nitrogens is 1. The summed E-state index contributed by atoms with van der Waals surface area (Å²) < 4.78 is 16.0. The van der Waals surface area contributed by atoms with E-state index in [9.17, 15) is 9.18 Å². The van der Waals surface area contributed by atoms with Gasteiger partial charge in [-0.3, -0.25) is 4.57 Å². The van der Waals surface area contributed by atoms with Crippen LogP contribution in [0.4, 0.5) is 9.52 Å². The van der Waals surface area contributed by atoms with Crippen LogP contribution >= 0.6 is 11.3 Å². The van der Waals surface area contributed by atoms with Crippen molar-refractivity contribution in [3.63, 3.8) is 0 Å². The maximum Gasteiger partial charge on any atom is 0.327 e. The van der Waals surface area contributed by atoms with E-state index >= 15 is 0 Å². The minimum Gasteiger partial charge on any atom is -0.359 e. The average Bonchev–Trinajstić information content (AvgIpc) is 3.10. The molecule has 0 unspecified atom stereocenters. The second-order valence-corrected chi connectivity index (χ2v) is 7.30. The lowest BCUT2D eigenvalue weighted by Crippen LogP contribution is -2.40. The van der Waals surface area contributed by atoms with E-state index < -0.39 is 0 Å². The number of aromatic nitrogens is 4. The van der Waals surface area contributed by atoms with Gasteiger partial charge in [-0.25, -0.2) is 19.2 Å². The zero-order valence-electron chi connectivity index (χ0n) is 13.1. The first-order chi connectivity index (χ1) is 12.2. The van der Waals surface area contributed by atoms with E-state index in [1.54, 1.807) is 16.8 Å². The van der Waals surface area contributed by atoms with Gasteiger partial charge in [-0.2, -0.15) is 0 Å². The summed E-state index contributed by atoms with van der Waals surface area (Å²) in [7, 11) is 0. The van der Waals surface area contributed by atoms with E-state index in [1.165, 1.54) is 23.5 Å². The summed E-state index contributed by atoms with van der Waals surface area (Å²) in [6, 6.07) is 8.67. The first-order valence-corrected chi connectivity index (χ1v) is 8.87. The third-order valence-electron chi connectivity index (χ3n) is 4.63. The molecule has 4 aromatic rings. The summed E-state index contributed by atoms with van der Waals surface area (Å²) in [6.45, 7) is 0. The van der Waals surface area contributed by atoms with Gasteiger partial charge in [0.05, 0.1) is 15.7 Å². The molecule has 0 amide bonds. The number of aromatic amines is 1. The maximum atomic E-state index is 13.3. The number of thiazole rings is 1. The molecule has 1 aliphatic rings. The quantitative estimate of drug-likeness (QED) is 0.591. The predicted octanol–water partition coefficient (Wildman–Crippen LogP) is 3.29. The number of hydrogen-bond acceptors (Lipinski definition) is 5. The summed E-state index contributed by atoms with van der Waals surface area (Å²) in [4.78, 5) is 23.8. The molecule has 3 aromatic heterocycles. The van der Waals surface area contributed by atoms with E-state index in [0.29, 0.717) is 11.2 Å². The van der Waals surface area contributed by atoms with Gasteiger partial charge in [-0.15, -0.1) is 0 Å². The molecule has 1 aliphatic carbocycles. The number of benzene rings is 1. The van der Waals surface area contributed by atoms with Crippen LogP contribution < -0.4 is 11.0 Å². The third kappa shape index (κ3) is 2.41. The van der Waals surface area contributed by atoms with Gasteiger partial charge in [0.15, 0.2) is 10.8 Å².